The smallest absolute Gasteiger partial charge is 0.243 e. The number of carbonyl (C=O) groups is 1. The second-order valence-electron chi connectivity index (χ2n) is 6.59. The molecule has 0 aliphatic heterocycles. The van der Waals surface area contributed by atoms with Gasteiger partial charge in [-0.1, -0.05) is 66.7 Å². The zero-order valence-electron chi connectivity index (χ0n) is 14.1. The number of hydrogen-bond acceptors (Lipinski definition) is 2. The Hall–Kier alpha value is -2.94. The molecular formula is C22H20N2O. The highest BCUT2D eigenvalue weighted by atomic mass is 16.2. The van der Waals surface area contributed by atoms with Crippen molar-refractivity contribution in [2.24, 2.45) is 11.0 Å². The third-order valence-electron chi connectivity index (χ3n) is 4.86. The molecule has 3 aromatic carbocycles. The molecule has 124 valence electrons. The SMILES string of the molecule is C/C(=N/NC(=O)[C@@H]1C[C@@H]1c1ccccc1)c1ccc2ccccc2c1. The summed E-state index contributed by atoms with van der Waals surface area (Å²) in [5.41, 5.74) is 5.81. The molecule has 3 heteroatoms. The van der Waals surface area contributed by atoms with Crippen LogP contribution < -0.4 is 5.43 Å². The summed E-state index contributed by atoms with van der Waals surface area (Å²) in [6.45, 7) is 1.92. The summed E-state index contributed by atoms with van der Waals surface area (Å²) in [5, 5.41) is 6.68. The molecule has 1 fully saturated rings. The van der Waals surface area contributed by atoms with Crippen LogP contribution in [0.4, 0.5) is 0 Å². The summed E-state index contributed by atoms with van der Waals surface area (Å²) in [7, 11) is 0. The van der Waals surface area contributed by atoms with E-state index < -0.39 is 0 Å². The van der Waals surface area contributed by atoms with Gasteiger partial charge in [0.05, 0.1) is 5.71 Å². The number of rotatable bonds is 4. The van der Waals surface area contributed by atoms with E-state index in [1.807, 2.05) is 43.3 Å². The van der Waals surface area contributed by atoms with Crippen LogP contribution in [0.2, 0.25) is 0 Å². The van der Waals surface area contributed by atoms with Gasteiger partial charge in [0.15, 0.2) is 0 Å². The van der Waals surface area contributed by atoms with Crippen LogP contribution >= 0.6 is 0 Å². The first kappa shape index (κ1) is 15.6. The Morgan fingerprint density at radius 2 is 1.68 bits per heavy atom. The Balaban J connectivity index is 1.43. The first-order chi connectivity index (χ1) is 12.2. The summed E-state index contributed by atoms with van der Waals surface area (Å²) < 4.78 is 0. The molecule has 3 aromatic rings. The van der Waals surface area contributed by atoms with Gasteiger partial charge in [0.1, 0.15) is 0 Å². The second kappa shape index (κ2) is 6.52. The van der Waals surface area contributed by atoms with Crippen LogP contribution in [0.1, 0.15) is 30.4 Å². The molecule has 0 unspecified atom stereocenters. The second-order valence-corrected chi connectivity index (χ2v) is 6.59. The van der Waals surface area contributed by atoms with Gasteiger partial charge in [-0.2, -0.15) is 5.10 Å². The molecule has 2 atom stereocenters. The number of benzene rings is 3. The van der Waals surface area contributed by atoms with Gasteiger partial charge in [0.25, 0.3) is 0 Å². The molecule has 0 heterocycles. The van der Waals surface area contributed by atoms with Crippen molar-refractivity contribution >= 4 is 22.4 Å². The van der Waals surface area contributed by atoms with Gasteiger partial charge in [0.2, 0.25) is 5.91 Å². The Morgan fingerprint density at radius 1 is 0.960 bits per heavy atom. The van der Waals surface area contributed by atoms with Crippen molar-refractivity contribution in [1.82, 2.24) is 5.43 Å². The van der Waals surface area contributed by atoms with Crippen molar-refractivity contribution in [3.8, 4) is 0 Å². The van der Waals surface area contributed by atoms with Crippen molar-refractivity contribution in [2.75, 3.05) is 0 Å². The number of hydrogen-bond donors (Lipinski definition) is 1. The highest BCUT2D eigenvalue weighted by Gasteiger charge is 2.43. The zero-order valence-corrected chi connectivity index (χ0v) is 14.1. The lowest BCUT2D eigenvalue weighted by Crippen LogP contribution is -2.21. The fraction of sp³-hybridized carbons (Fsp3) is 0.182. The monoisotopic (exact) mass is 328 g/mol. The number of hydrazone groups is 1. The molecule has 0 bridgehead atoms. The molecule has 4 rings (SSSR count). The van der Waals surface area contributed by atoms with Crippen LogP contribution in [0.25, 0.3) is 10.8 Å². The van der Waals surface area contributed by atoms with Gasteiger partial charge >= 0.3 is 0 Å². The molecule has 25 heavy (non-hydrogen) atoms. The van der Waals surface area contributed by atoms with E-state index in [-0.39, 0.29) is 11.8 Å². The molecular weight excluding hydrogens is 308 g/mol. The molecule has 0 radical (unpaired) electrons. The molecule has 1 saturated carbocycles. The highest BCUT2D eigenvalue weighted by molar-refractivity contribution is 6.02. The summed E-state index contributed by atoms with van der Waals surface area (Å²) in [6.07, 6.45) is 0.903. The molecule has 0 saturated heterocycles. The molecule has 1 amide bonds. The van der Waals surface area contributed by atoms with Gasteiger partial charge in [-0.05, 0) is 47.2 Å². The van der Waals surface area contributed by atoms with Crippen molar-refractivity contribution in [1.29, 1.82) is 0 Å². The van der Waals surface area contributed by atoms with Gasteiger partial charge < -0.3 is 0 Å². The number of nitrogens with zero attached hydrogens (tertiary/aromatic N) is 1. The van der Waals surface area contributed by atoms with Crippen molar-refractivity contribution in [3.05, 3.63) is 83.9 Å². The first-order valence-electron chi connectivity index (χ1n) is 8.60. The Bertz CT molecular complexity index is 946. The lowest BCUT2D eigenvalue weighted by molar-refractivity contribution is -0.122. The van der Waals surface area contributed by atoms with Crippen LogP contribution in [0.15, 0.2) is 77.9 Å². The maximum atomic E-state index is 12.3. The molecule has 1 aliphatic rings. The molecule has 0 aromatic heterocycles. The van der Waals surface area contributed by atoms with E-state index in [1.165, 1.54) is 16.3 Å². The average molecular weight is 328 g/mol. The standard InChI is InChI=1S/C22H20N2O/c1-15(18-12-11-16-7-5-6-10-19(16)13-18)23-24-22(25)21-14-20(21)17-8-3-2-4-9-17/h2-13,20-21H,14H2,1H3,(H,24,25)/b23-15-/t20-,21-/m1/s1. The van der Waals surface area contributed by atoms with Crippen molar-refractivity contribution < 1.29 is 4.79 Å². The van der Waals surface area contributed by atoms with E-state index in [1.54, 1.807) is 0 Å². The fourth-order valence-electron chi connectivity index (χ4n) is 3.25. The van der Waals surface area contributed by atoms with Crippen LogP contribution in [-0.2, 0) is 4.79 Å². The third kappa shape index (κ3) is 3.31. The predicted molar refractivity (Wildman–Crippen MR) is 102 cm³/mol. The van der Waals surface area contributed by atoms with Gasteiger partial charge in [0, 0.05) is 5.92 Å². The predicted octanol–water partition coefficient (Wildman–Crippen LogP) is 4.48. The minimum atomic E-state index is 0.00833. The van der Waals surface area contributed by atoms with Crippen LogP contribution in [0, 0.1) is 5.92 Å². The van der Waals surface area contributed by atoms with E-state index in [0.29, 0.717) is 5.92 Å². The lowest BCUT2D eigenvalue weighted by Gasteiger charge is -2.05. The Morgan fingerprint density at radius 3 is 2.48 bits per heavy atom. The summed E-state index contributed by atoms with van der Waals surface area (Å²) in [4.78, 5) is 12.3. The van der Waals surface area contributed by atoms with Crippen molar-refractivity contribution in [2.45, 2.75) is 19.3 Å². The summed E-state index contributed by atoms with van der Waals surface area (Å²) in [5.74, 6) is 0.377. The highest BCUT2D eigenvalue weighted by Crippen LogP contribution is 2.47. The van der Waals surface area contributed by atoms with Crippen LogP contribution in [0.5, 0.6) is 0 Å². The van der Waals surface area contributed by atoms with Crippen LogP contribution in [0.3, 0.4) is 0 Å². The fourth-order valence-corrected chi connectivity index (χ4v) is 3.25. The summed E-state index contributed by atoms with van der Waals surface area (Å²) >= 11 is 0. The molecule has 3 nitrogen and oxygen atoms in total. The number of amides is 1. The van der Waals surface area contributed by atoms with E-state index >= 15 is 0 Å². The van der Waals surface area contributed by atoms with Gasteiger partial charge in [-0.3, -0.25) is 4.79 Å². The maximum absolute atomic E-state index is 12.3. The zero-order chi connectivity index (χ0) is 17.2. The number of nitrogens with one attached hydrogen (secondary N) is 1. The topological polar surface area (TPSA) is 41.5 Å². The maximum Gasteiger partial charge on any atom is 0.243 e. The quantitative estimate of drug-likeness (QED) is 0.557. The van der Waals surface area contributed by atoms with E-state index in [0.717, 1.165) is 17.7 Å². The van der Waals surface area contributed by atoms with E-state index in [4.69, 9.17) is 0 Å². The molecule has 0 spiro atoms. The molecule has 1 N–H and O–H groups in total. The Labute approximate surface area is 147 Å². The van der Waals surface area contributed by atoms with Crippen LogP contribution in [-0.4, -0.2) is 11.6 Å². The molecule has 1 aliphatic carbocycles. The number of fused-ring (bicyclic) bond motifs is 1. The largest absolute Gasteiger partial charge is 0.273 e. The average Bonchev–Trinajstić information content (AvgIpc) is 3.47. The Kier molecular flexibility index (Phi) is 4.06. The minimum Gasteiger partial charge on any atom is -0.273 e. The van der Waals surface area contributed by atoms with E-state index in [2.05, 4.69) is 46.9 Å². The minimum absolute atomic E-state index is 0.00833. The lowest BCUT2D eigenvalue weighted by atomic mass is 10.0. The summed E-state index contributed by atoms with van der Waals surface area (Å²) in [6, 6.07) is 24.7. The third-order valence-corrected chi connectivity index (χ3v) is 4.86. The van der Waals surface area contributed by atoms with Crippen molar-refractivity contribution in [3.63, 3.8) is 0 Å². The number of carbonyl (C=O) groups excluding carboxylic acids is 1. The van der Waals surface area contributed by atoms with Gasteiger partial charge in [-0.15, -0.1) is 0 Å². The first-order valence-corrected chi connectivity index (χ1v) is 8.60. The normalized spacial score (nSPS) is 19.6. The van der Waals surface area contributed by atoms with E-state index in [9.17, 15) is 4.79 Å². The van der Waals surface area contributed by atoms with Gasteiger partial charge in [-0.25, -0.2) is 5.43 Å².